The largest absolute Gasteiger partial charge is 2.00 e. The van der Waals surface area contributed by atoms with Gasteiger partial charge in [-0.15, -0.1) is 5.57 Å². The Morgan fingerprint density at radius 2 is 2.25 bits per heavy atom. The summed E-state index contributed by atoms with van der Waals surface area (Å²) in [5.74, 6) is 0.898. The Morgan fingerprint density at radius 1 is 1.58 bits per heavy atom. The molecule has 0 spiro atoms. The van der Waals surface area contributed by atoms with Gasteiger partial charge in [-0.3, -0.25) is 0 Å². The number of hydrogen-bond acceptors (Lipinski definition) is 0. The molecule has 1 aliphatic carbocycles. The molecule has 2 heteroatoms. The predicted molar refractivity (Wildman–Crippen MR) is 51.4 cm³/mol. The molecule has 1 unspecified atom stereocenters. The van der Waals surface area contributed by atoms with E-state index in [9.17, 15) is 0 Å². The first-order chi connectivity index (χ1) is 4.88. The first-order valence-electron chi connectivity index (χ1n) is 4.35. The van der Waals surface area contributed by atoms with Gasteiger partial charge in [-0.2, -0.15) is 12.8 Å². The van der Waals surface area contributed by atoms with E-state index in [1.54, 1.807) is 5.57 Å². The summed E-state index contributed by atoms with van der Waals surface area (Å²) in [7, 11) is 0. The second-order valence-electron chi connectivity index (χ2n) is 3.04. The minimum absolute atomic E-state index is 0. The summed E-state index contributed by atoms with van der Waals surface area (Å²) in [4.78, 5) is 0. The van der Waals surface area contributed by atoms with Crippen LogP contribution in [0.3, 0.4) is 0 Å². The van der Waals surface area contributed by atoms with Crippen LogP contribution in [-0.2, 0) is 0 Å². The van der Waals surface area contributed by atoms with E-state index in [0.29, 0.717) is 0 Å². The number of rotatable bonds is 1. The van der Waals surface area contributed by atoms with Gasteiger partial charge in [-0.05, 0) is 19.3 Å². The molecule has 0 aromatic rings. The standard InChI is InChI=1S/C10H17.ClH.Mg/c1-3-9-7-5-6-8-10(9)4-2;;/h3,5,10H,4,6-8H2,1-2H3;1H;/q-1;;+2/p-1/b9-3-;;. The Morgan fingerprint density at radius 3 is 2.67 bits per heavy atom. The van der Waals surface area contributed by atoms with Crippen molar-refractivity contribution in [1.29, 1.82) is 0 Å². The second kappa shape index (κ2) is 8.40. The molecule has 12 heavy (non-hydrogen) atoms. The van der Waals surface area contributed by atoms with Crippen molar-refractivity contribution in [3.05, 3.63) is 18.1 Å². The fourth-order valence-electron chi connectivity index (χ4n) is 1.76. The quantitative estimate of drug-likeness (QED) is 0.314. The summed E-state index contributed by atoms with van der Waals surface area (Å²) in [6, 6.07) is 0. The van der Waals surface area contributed by atoms with Gasteiger partial charge in [0.25, 0.3) is 0 Å². The fraction of sp³-hybridized carbons (Fsp3) is 0.700. The van der Waals surface area contributed by atoms with Crippen LogP contribution in [0.4, 0.5) is 0 Å². The zero-order valence-electron chi connectivity index (χ0n) is 8.15. The smallest absolute Gasteiger partial charge is 1.00 e. The fourth-order valence-corrected chi connectivity index (χ4v) is 1.76. The average Bonchev–Trinajstić information content (AvgIpc) is 2.04. The van der Waals surface area contributed by atoms with Crippen LogP contribution in [0, 0.1) is 12.3 Å². The molecule has 0 N–H and O–H groups in total. The summed E-state index contributed by atoms with van der Waals surface area (Å²) >= 11 is 0. The SMILES string of the molecule is C/C=C1/C[CH-]CCC1CC.[Cl-].[Mg+2]. The molecule has 0 saturated heterocycles. The van der Waals surface area contributed by atoms with E-state index in [1.807, 2.05) is 0 Å². The molecule has 0 aromatic heterocycles. The summed E-state index contributed by atoms with van der Waals surface area (Å²) in [6.45, 7) is 4.46. The van der Waals surface area contributed by atoms with E-state index in [-0.39, 0.29) is 35.5 Å². The van der Waals surface area contributed by atoms with Crippen LogP contribution in [0.15, 0.2) is 11.6 Å². The van der Waals surface area contributed by atoms with Crippen molar-refractivity contribution < 1.29 is 12.4 Å². The maximum atomic E-state index is 2.40. The molecule has 0 bridgehead atoms. The molecule has 0 amide bonds. The van der Waals surface area contributed by atoms with Crippen molar-refractivity contribution in [2.24, 2.45) is 5.92 Å². The third-order valence-electron chi connectivity index (χ3n) is 2.49. The molecular weight excluding hydrogens is 180 g/mol. The predicted octanol–water partition coefficient (Wildman–Crippen LogP) is -0.0297. The van der Waals surface area contributed by atoms with Gasteiger partial charge in [0.1, 0.15) is 0 Å². The van der Waals surface area contributed by atoms with Crippen molar-refractivity contribution in [3.8, 4) is 0 Å². The molecule has 0 aromatic carbocycles. The van der Waals surface area contributed by atoms with Gasteiger partial charge in [-0.1, -0.05) is 19.4 Å². The minimum Gasteiger partial charge on any atom is -1.00 e. The first kappa shape index (κ1) is 15.3. The summed E-state index contributed by atoms with van der Waals surface area (Å²) in [6.07, 6.45) is 9.99. The zero-order chi connectivity index (χ0) is 7.40. The Balaban J connectivity index is 0. The van der Waals surface area contributed by atoms with E-state index < -0.39 is 0 Å². The molecular formula is C10H17ClMg. The summed E-state index contributed by atoms with van der Waals surface area (Å²) < 4.78 is 0. The normalized spacial score (nSPS) is 25.8. The van der Waals surface area contributed by atoms with E-state index >= 15 is 0 Å². The number of allylic oxidation sites excluding steroid dienone is 2. The monoisotopic (exact) mass is 196 g/mol. The maximum Gasteiger partial charge on any atom is 2.00 e. The third kappa shape index (κ3) is 4.15. The Kier molecular flexibility index (Phi) is 10.7. The first-order valence-corrected chi connectivity index (χ1v) is 4.35. The number of hydrogen-bond donors (Lipinski definition) is 0. The molecule has 1 aliphatic rings. The van der Waals surface area contributed by atoms with Crippen molar-refractivity contribution in [3.63, 3.8) is 0 Å². The van der Waals surface area contributed by atoms with Crippen molar-refractivity contribution >= 4 is 23.1 Å². The van der Waals surface area contributed by atoms with Crippen LogP contribution in [0.1, 0.15) is 39.5 Å². The van der Waals surface area contributed by atoms with Crippen molar-refractivity contribution in [1.82, 2.24) is 0 Å². The van der Waals surface area contributed by atoms with E-state index in [4.69, 9.17) is 0 Å². The van der Waals surface area contributed by atoms with Gasteiger partial charge in [0.2, 0.25) is 0 Å². The second-order valence-corrected chi connectivity index (χ2v) is 3.04. The van der Waals surface area contributed by atoms with Crippen LogP contribution < -0.4 is 12.4 Å². The molecule has 1 fully saturated rings. The molecule has 1 rings (SSSR count). The van der Waals surface area contributed by atoms with Gasteiger partial charge < -0.3 is 18.8 Å². The maximum absolute atomic E-state index is 2.40. The molecule has 0 radical (unpaired) electrons. The van der Waals surface area contributed by atoms with Crippen LogP contribution in [0.25, 0.3) is 0 Å². The van der Waals surface area contributed by atoms with Crippen LogP contribution in [-0.4, -0.2) is 23.1 Å². The van der Waals surface area contributed by atoms with E-state index in [0.717, 1.165) is 5.92 Å². The molecule has 0 nitrogen and oxygen atoms in total. The Hall–Kier alpha value is 0.796. The molecule has 66 valence electrons. The van der Waals surface area contributed by atoms with Gasteiger partial charge in [0.15, 0.2) is 0 Å². The molecule has 1 saturated carbocycles. The molecule has 1 atom stereocenters. The third-order valence-corrected chi connectivity index (χ3v) is 2.49. The van der Waals surface area contributed by atoms with Crippen LogP contribution in [0.2, 0.25) is 0 Å². The van der Waals surface area contributed by atoms with Gasteiger partial charge in [0, 0.05) is 0 Å². The van der Waals surface area contributed by atoms with Gasteiger partial charge in [-0.25, -0.2) is 0 Å². The Bertz CT molecular complexity index is 132. The van der Waals surface area contributed by atoms with Gasteiger partial charge in [0.05, 0.1) is 0 Å². The van der Waals surface area contributed by atoms with Gasteiger partial charge >= 0.3 is 23.1 Å². The number of halogens is 1. The van der Waals surface area contributed by atoms with Crippen molar-refractivity contribution in [2.45, 2.75) is 39.5 Å². The average molecular weight is 197 g/mol. The molecule has 0 aliphatic heterocycles. The van der Waals surface area contributed by atoms with Crippen LogP contribution >= 0.6 is 0 Å². The molecule has 0 heterocycles. The topological polar surface area (TPSA) is 0 Å². The Labute approximate surface area is 98.8 Å². The van der Waals surface area contributed by atoms with Crippen LogP contribution in [0.5, 0.6) is 0 Å². The van der Waals surface area contributed by atoms with E-state index in [1.165, 1.54) is 25.7 Å². The zero-order valence-corrected chi connectivity index (χ0v) is 10.3. The minimum atomic E-state index is 0. The summed E-state index contributed by atoms with van der Waals surface area (Å²) in [5, 5.41) is 0. The van der Waals surface area contributed by atoms with Crippen molar-refractivity contribution in [2.75, 3.05) is 0 Å². The summed E-state index contributed by atoms with van der Waals surface area (Å²) in [5.41, 5.74) is 1.66. The van der Waals surface area contributed by atoms with E-state index in [2.05, 4.69) is 26.3 Å².